The zero-order valence-electron chi connectivity index (χ0n) is 29.9. The van der Waals surface area contributed by atoms with Gasteiger partial charge in [0.15, 0.2) is 0 Å². The number of rotatable bonds is 23. The zero-order valence-corrected chi connectivity index (χ0v) is 29.9. The van der Waals surface area contributed by atoms with Crippen molar-refractivity contribution in [1.82, 2.24) is 10.6 Å². The van der Waals surface area contributed by atoms with Crippen LogP contribution in [0.15, 0.2) is 48.5 Å². The highest BCUT2D eigenvalue weighted by molar-refractivity contribution is 5.84. The van der Waals surface area contributed by atoms with Gasteiger partial charge in [0.2, 0.25) is 5.91 Å². The van der Waals surface area contributed by atoms with Gasteiger partial charge in [-0.15, -0.1) is 0 Å². The Morgan fingerprint density at radius 3 is 1.61 bits per heavy atom. The Kier molecular flexibility index (Phi) is 17.2. The minimum atomic E-state index is -1.22. The summed E-state index contributed by atoms with van der Waals surface area (Å²) >= 11 is 0. The van der Waals surface area contributed by atoms with Gasteiger partial charge < -0.3 is 25.2 Å². The minimum absolute atomic E-state index is 0.0931. The second-order valence-corrected chi connectivity index (χ2v) is 14.2. The fourth-order valence-corrected chi connectivity index (χ4v) is 6.37. The van der Waals surface area contributed by atoms with E-state index in [-0.39, 0.29) is 37.4 Å². The zero-order chi connectivity index (χ0) is 35.5. The fourth-order valence-electron chi connectivity index (χ4n) is 6.37. The number of carbonyl (C=O) groups excluding carboxylic acids is 3. The van der Waals surface area contributed by atoms with Crippen LogP contribution in [0.25, 0.3) is 11.1 Å². The average Bonchev–Trinajstić information content (AvgIpc) is 3.38. The molecule has 0 bridgehead atoms. The molecule has 0 fully saturated rings. The highest BCUT2D eigenvalue weighted by Crippen LogP contribution is 2.44. The Balaban J connectivity index is 1.16. The largest absolute Gasteiger partial charge is 0.480 e. The molecule has 0 saturated heterocycles. The lowest BCUT2D eigenvalue weighted by Crippen LogP contribution is -2.48. The summed E-state index contributed by atoms with van der Waals surface area (Å²) in [5, 5.41) is 14.6. The van der Waals surface area contributed by atoms with E-state index >= 15 is 0 Å². The van der Waals surface area contributed by atoms with Crippen LogP contribution in [0.2, 0.25) is 0 Å². The lowest BCUT2D eigenvalue weighted by molar-refractivity contribution is -0.155. The topological polar surface area (TPSA) is 131 Å². The number of unbranched alkanes of at least 4 members (excludes halogenated alkanes) is 13. The van der Waals surface area contributed by atoms with Crippen molar-refractivity contribution in [3.63, 3.8) is 0 Å². The smallest absolute Gasteiger partial charge is 0.407 e. The molecule has 2 aromatic carbocycles. The standard InChI is InChI=1S/C40H58N2O7/c1-40(2,3)49-37(44)27-17-15-13-11-9-7-5-4-6-8-10-12-14-16-26-36(43)42-35(38(45)46)28-41-39(47)48-29-34-32-24-20-18-22-30(32)31-23-19-21-25-33(31)34/h18-25,34-35H,4-17,26-29H2,1-3H3,(H,41,47)(H,42,43)(H,45,46)/t35-/m0/s1. The van der Waals surface area contributed by atoms with E-state index in [1.54, 1.807) is 0 Å². The van der Waals surface area contributed by atoms with Crippen LogP contribution in [-0.2, 0) is 23.9 Å². The van der Waals surface area contributed by atoms with Crippen molar-refractivity contribution in [3.05, 3.63) is 59.7 Å². The Morgan fingerprint density at radius 2 is 1.14 bits per heavy atom. The third-order valence-corrected chi connectivity index (χ3v) is 8.88. The first-order valence-corrected chi connectivity index (χ1v) is 18.4. The molecule has 3 rings (SSSR count). The number of carbonyl (C=O) groups is 4. The van der Waals surface area contributed by atoms with Gasteiger partial charge in [0.05, 0.1) is 6.54 Å². The SMILES string of the molecule is CC(C)(C)OC(=O)CCCCCCCCCCCCCCCCC(=O)N[C@@H](CNC(=O)OCC1c2ccccc2-c2ccccc21)C(=O)O. The number of hydrogen-bond donors (Lipinski definition) is 3. The van der Waals surface area contributed by atoms with Crippen LogP contribution < -0.4 is 10.6 Å². The number of aliphatic carboxylic acids is 1. The van der Waals surface area contributed by atoms with Crippen molar-refractivity contribution in [2.75, 3.05) is 13.2 Å². The molecule has 270 valence electrons. The van der Waals surface area contributed by atoms with E-state index in [9.17, 15) is 24.3 Å². The third-order valence-electron chi connectivity index (χ3n) is 8.88. The first kappa shape index (κ1) is 39.6. The highest BCUT2D eigenvalue weighted by atomic mass is 16.6. The van der Waals surface area contributed by atoms with E-state index in [1.807, 2.05) is 57.2 Å². The number of nitrogens with one attached hydrogen (secondary N) is 2. The van der Waals surface area contributed by atoms with Crippen LogP contribution in [0.5, 0.6) is 0 Å². The minimum Gasteiger partial charge on any atom is -0.480 e. The molecule has 0 saturated carbocycles. The molecule has 2 aromatic rings. The third kappa shape index (κ3) is 15.0. The Labute approximate surface area is 292 Å². The van der Waals surface area contributed by atoms with Crippen LogP contribution in [0, 0.1) is 0 Å². The van der Waals surface area contributed by atoms with E-state index in [4.69, 9.17) is 9.47 Å². The van der Waals surface area contributed by atoms with Crippen molar-refractivity contribution in [2.24, 2.45) is 0 Å². The van der Waals surface area contributed by atoms with E-state index in [2.05, 4.69) is 22.8 Å². The molecular weight excluding hydrogens is 620 g/mol. The molecule has 1 atom stereocenters. The normalized spacial score (nSPS) is 12.9. The maximum Gasteiger partial charge on any atom is 0.407 e. The molecule has 49 heavy (non-hydrogen) atoms. The van der Waals surface area contributed by atoms with Crippen molar-refractivity contribution >= 4 is 23.9 Å². The van der Waals surface area contributed by atoms with Crippen molar-refractivity contribution in [2.45, 2.75) is 141 Å². The number of amides is 2. The monoisotopic (exact) mass is 678 g/mol. The molecule has 1 aliphatic rings. The van der Waals surface area contributed by atoms with Gasteiger partial charge in [-0.05, 0) is 55.9 Å². The number of fused-ring (bicyclic) bond motifs is 3. The van der Waals surface area contributed by atoms with Gasteiger partial charge in [-0.25, -0.2) is 9.59 Å². The Morgan fingerprint density at radius 1 is 0.694 bits per heavy atom. The van der Waals surface area contributed by atoms with Crippen LogP contribution in [-0.4, -0.2) is 53.8 Å². The van der Waals surface area contributed by atoms with Crippen molar-refractivity contribution < 1.29 is 33.8 Å². The van der Waals surface area contributed by atoms with E-state index in [0.29, 0.717) is 12.8 Å². The van der Waals surface area contributed by atoms with Gasteiger partial charge >= 0.3 is 18.0 Å². The Bertz CT molecular complexity index is 1290. The molecule has 0 radical (unpaired) electrons. The van der Waals surface area contributed by atoms with Gasteiger partial charge in [-0.3, -0.25) is 9.59 Å². The van der Waals surface area contributed by atoms with E-state index in [0.717, 1.165) is 54.4 Å². The first-order chi connectivity index (χ1) is 23.5. The van der Waals surface area contributed by atoms with Crippen LogP contribution in [0.1, 0.15) is 141 Å². The predicted molar refractivity (Wildman–Crippen MR) is 192 cm³/mol. The molecule has 0 aromatic heterocycles. The van der Waals surface area contributed by atoms with Gasteiger partial charge in [-0.2, -0.15) is 0 Å². The van der Waals surface area contributed by atoms with E-state index in [1.165, 1.54) is 51.4 Å². The van der Waals surface area contributed by atoms with Crippen molar-refractivity contribution in [1.29, 1.82) is 0 Å². The molecule has 0 heterocycles. The molecule has 1 aliphatic carbocycles. The van der Waals surface area contributed by atoms with Crippen LogP contribution >= 0.6 is 0 Å². The summed E-state index contributed by atoms with van der Waals surface area (Å²) in [7, 11) is 0. The number of carboxylic acids is 1. The lowest BCUT2D eigenvalue weighted by Gasteiger charge is -2.19. The lowest BCUT2D eigenvalue weighted by atomic mass is 9.98. The molecule has 0 spiro atoms. The summed E-state index contributed by atoms with van der Waals surface area (Å²) in [6.45, 7) is 5.57. The molecule has 9 heteroatoms. The predicted octanol–water partition coefficient (Wildman–Crippen LogP) is 8.68. The first-order valence-electron chi connectivity index (χ1n) is 18.4. The van der Waals surface area contributed by atoms with Gasteiger partial charge in [0, 0.05) is 18.8 Å². The summed E-state index contributed by atoms with van der Waals surface area (Å²) < 4.78 is 10.8. The summed E-state index contributed by atoms with van der Waals surface area (Å²) in [6.07, 6.45) is 15.7. The number of alkyl carbamates (subject to hydrolysis) is 1. The highest BCUT2D eigenvalue weighted by Gasteiger charge is 2.29. The maximum absolute atomic E-state index is 12.5. The number of carboxylic acid groups (broad SMARTS) is 1. The average molecular weight is 679 g/mol. The second-order valence-electron chi connectivity index (χ2n) is 14.2. The summed E-state index contributed by atoms with van der Waals surface area (Å²) in [6, 6.07) is 14.9. The molecule has 0 unspecified atom stereocenters. The number of benzene rings is 2. The van der Waals surface area contributed by atoms with Gasteiger partial charge in [0.25, 0.3) is 0 Å². The second kappa shape index (κ2) is 21.3. The van der Waals surface area contributed by atoms with Crippen LogP contribution in [0.3, 0.4) is 0 Å². The number of hydrogen-bond acceptors (Lipinski definition) is 6. The molecule has 9 nitrogen and oxygen atoms in total. The fraction of sp³-hybridized carbons (Fsp3) is 0.600. The molecule has 2 amide bonds. The number of esters is 1. The molecule has 0 aliphatic heterocycles. The van der Waals surface area contributed by atoms with Gasteiger partial charge in [0.1, 0.15) is 18.2 Å². The van der Waals surface area contributed by atoms with E-state index < -0.39 is 23.7 Å². The summed E-state index contributed by atoms with van der Waals surface area (Å²) in [5.41, 5.74) is 4.04. The summed E-state index contributed by atoms with van der Waals surface area (Å²) in [5.74, 6) is -1.72. The molecular formula is C40H58N2O7. The summed E-state index contributed by atoms with van der Waals surface area (Å²) in [4.78, 5) is 48.3. The number of ether oxygens (including phenoxy) is 2. The van der Waals surface area contributed by atoms with Crippen molar-refractivity contribution in [3.8, 4) is 11.1 Å². The quantitative estimate of drug-likeness (QED) is 0.0792. The Hall–Kier alpha value is -3.88. The van der Waals surface area contributed by atoms with Gasteiger partial charge in [-0.1, -0.05) is 126 Å². The van der Waals surface area contributed by atoms with Crippen LogP contribution in [0.4, 0.5) is 4.79 Å². The maximum atomic E-state index is 12.5. The molecule has 3 N–H and O–H groups in total.